The summed E-state index contributed by atoms with van der Waals surface area (Å²) < 4.78 is 0. The van der Waals surface area contributed by atoms with Crippen LogP contribution in [0.1, 0.15) is 44.5 Å². The molecule has 0 spiro atoms. The van der Waals surface area contributed by atoms with E-state index in [-0.39, 0.29) is 0 Å². The van der Waals surface area contributed by atoms with Gasteiger partial charge in [-0.1, -0.05) is 154 Å². The van der Waals surface area contributed by atoms with Crippen LogP contribution in [0.15, 0.2) is 148 Å². The zero-order valence-corrected chi connectivity index (χ0v) is 25.4. The molecule has 0 N–H and O–H groups in total. The van der Waals surface area contributed by atoms with Gasteiger partial charge in [-0.25, -0.2) is 0 Å². The van der Waals surface area contributed by atoms with Crippen molar-refractivity contribution in [3.8, 4) is 0 Å². The summed E-state index contributed by atoms with van der Waals surface area (Å²) in [6, 6.07) is 42.9. The van der Waals surface area contributed by atoms with Crippen molar-refractivity contribution < 1.29 is 0 Å². The Balaban J connectivity index is 1.58. The Morgan fingerprint density at radius 1 is 0.364 bits per heavy atom. The second-order valence-corrected chi connectivity index (χ2v) is 10.8. The summed E-state index contributed by atoms with van der Waals surface area (Å²) in [5.41, 5.74) is 11.8. The fraction of sp³-hybridized carbons (Fsp3) is 0.0952. The van der Waals surface area contributed by atoms with E-state index in [4.69, 9.17) is 0 Å². The molecule has 0 unspecified atom stereocenters. The highest BCUT2D eigenvalue weighted by Gasteiger charge is 2.16. The van der Waals surface area contributed by atoms with Crippen molar-refractivity contribution in [1.29, 1.82) is 0 Å². The minimum absolute atomic E-state index is 0.746. The maximum atomic E-state index is 4.08. The number of rotatable bonds is 14. The molecule has 0 saturated heterocycles. The molecule has 44 heavy (non-hydrogen) atoms. The molecular formula is C42H40N2. The van der Waals surface area contributed by atoms with E-state index >= 15 is 0 Å². The average Bonchev–Trinajstić information content (AvgIpc) is 3.08. The van der Waals surface area contributed by atoms with Crippen molar-refractivity contribution in [3.05, 3.63) is 192 Å². The van der Waals surface area contributed by atoms with Gasteiger partial charge in [-0.3, -0.25) is 0 Å². The second-order valence-electron chi connectivity index (χ2n) is 10.8. The van der Waals surface area contributed by atoms with E-state index < -0.39 is 0 Å². The van der Waals surface area contributed by atoms with Crippen molar-refractivity contribution in [2.24, 2.45) is 0 Å². The SMILES string of the molecule is C=Cc1ccccc1CN(Cc1ccccc1C=C)c1cccc(N(Cc2ccccc2C=C)Cc2ccccc2C=C)c1. The van der Waals surface area contributed by atoms with Gasteiger partial charge >= 0.3 is 0 Å². The van der Waals surface area contributed by atoms with Crippen LogP contribution in [0.5, 0.6) is 0 Å². The molecule has 0 fully saturated rings. The summed E-state index contributed by atoms with van der Waals surface area (Å²) in [5, 5.41) is 0. The molecule has 0 saturated carbocycles. The van der Waals surface area contributed by atoms with Crippen molar-refractivity contribution in [3.63, 3.8) is 0 Å². The summed E-state index contributed by atoms with van der Waals surface area (Å²) in [5.74, 6) is 0. The van der Waals surface area contributed by atoms with Crippen LogP contribution in [0.3, 0.4) is 0 Å². The van der Waals surface area contributed by atoms with Gasteiger partial charge in [0.25, 0.3) is 0 Å². The summed E-state index contributed by atoms with van der Waals surface area (Å²) in [7, 11) is 0. The van der Waals surface area contributed by atoms with Crippen LogP contribution in [0.25, 0.3) is 24.3 Å². The Bertz CT molecular complexity index is 1530. The average molecular weight is 573 g/mol. The second kappa shape index (κ2) is 14.7. The molecule has 0 aliphatic carbocycles. The maximum Gasteiger partial charge on any atom is 0.0439 e. The normalized spacial score (nSPS) is 10.5. The van der Waals surface area contributed by atoms with Gasteiger partial charge in [0.1, 0.15) is 0 Å². The van der Waals surface area contributed by atoms with Crippen LogP contribution in [0.4, 0.5) is 11.4 Å². The third kappa shape index (κ3) is 7.17. The fourth-order valence-corrected chi connectivity index (χ4v) is 5.70. The third-order valence-corrected chi connectivity index (χ3v) is 8.10. The molecule has 5 aromatic carbocycles. The number of anilines is 2. The van der Waals surface area contributed by atoms with Gasteiger partial charge in [0.2, 0.25) is 0 Å². The highest BCUT2D eigenvalue weighted by Crippen LogP contribution is 2.30. The van der Waals surface area contributed by atoms with E-state index in [1.165, 1.54) is 22.3 Å². The smallest absolute Gasteiger partial charge is 0.0439 e. The van der Waals surface area contributed by atoms with Crippen LogP contribution in [0.2, 0.25) is 0 Å². The molecular weight excluding hydrogens is 532 g/mol. The summed E-state index contributed by atoms with van der Waals surface area (Å²) in [4.78, 5) is 4.89. The van der Waals surface area contributed by atoms with Crippen LogP contribution in [0, 0.1) is 0 Å². The molecule has 0 radical (unpaired) electrons. The first-order valence-electron chi connectivity index (χ1n) is 15.0. The fourth-order valence-electron chi connectivity index (χ4n) is 5.70. The molecule has 5 aromatic rings. The van der Waals surface area contributed by atoms with Gasteiger partial charge in [-0.05, 0) is 62.7 Å². The number of hydrogen-bond acceptors (Lipinski definition) is 2. The van der Waals surface area contributed by atoms with Gasteiger partial charge in [-0.15, -0.1) is 0 Å². The Kier molecular flexibility index (Phi) is 10.1. The van der Waals surface area contributed by atoms with Crippen molar-refractivity contribution in [1.82, 2.24) is 0 Å². The molecule has 0 heterocycles. The predicted molar refractivity (Wildman–Crippen MR) is 192 cm³/mol. The van der Waals surface area contributed by atoms with Gasteiger partial charge in [0, 0.05) is 37.6 Å². The van der Waals surface area contributed by atoms with Crippen molar-refractivity contribution in [2.75, 3.05) is 9.80 Å². The largest absolute Gasteiger partial charge is 0.363 e. The summed E-state index contributed by atoms with van der Waals surface area (Å²) >= 11 is 0. The third-order valence-electron chi connectivity index (χ3n) is 8.10. The van der Waals surface area contributed by atoms with Gasteiger partial charge in [0.15, 0.2) is 0 Å². The van der Waals surface area contributed by atoms with Gasteiger partial charge < -0.3 is 9.80 Å². The molecule has 218 valence electrons. The molecule has 2 nitrogen and oxygen atoms in total. The minimum Gasteiger partial charge on any atom is -0.363 e. The van der Waals surface area contributed by atoms with Crippen LogP contribution < -0.4 is 9.80 Å². The molecule has 5 rings (SSSR count). The number of nitrogens with zero attached hydrogens (tertiary/aromatic N) is 2. The zero-order valence-electron chi connectivity index (χ0n) is 25.4. The minimum atomic E-state index is 0.746. The maximum absolute atomic E-state index is 4.08. The van der Waals surface area contributed by atoms with Crippen LogP contribution in [-0.4, -0.2) is 0 Å². The molecule has 0 aliphatic heterocycles. The Labute approximate surface area is 263 Å². The van der Waals surface area contributed by atoms with Gasteiger partial charge in [-0.2, -0.15) is 0 Å². The highest BCUT2D eigenvalue weighted by atomic mass is 15.1. The Hall–Kier alpha value is -5.34. The molecule has 0 aliphatic rings. The standard InChI is InChI=1S/C42H40N2/c1-5-33-18-9-13-22-37(33)29-43(30-38-23-14-10-19-34(38)6-2)41-26-17-27-42(28-41)44(31-39-24-15-11-20-35(39)7-3)32-40-25-16-12-21-36(40)8-4/h5-28H,1-4,29-32H2. The molecule has 0 bridgehead atoms. The van der Waals surface area contributed by atoms with Gasteiger partial charge in [0.05, 0.1) is 0 Å². The van der Waals surface area contributed by atoms with Crippen LogP contribution >= 0.6 is 0 Å². The molecule has 0 amide bonds. The molecule has 2 heteroatoms. The van der Waals surface area contributed by atoms with E-state index in [0.29, 0.717) is 0 Å². The lowest BCUT2D eigenvalue weighted by Gasteiger charge is -2.30. The first-order valence-corrected chi connectivity index (χ1v) is 15.0. The first-order chi connectivity index (χ1) is 21.6. The Morgan fingerprint density at radius 2 is 0.636 bits per heavy atom. The topological polar surface area (TPSA) is 6.48 Å². The van der Waals surface area contributed by atoms with Crippen molar-refractivity contribution >= 4 is 35.7 Å². The highest BCUT2D eigenvalue weighted by molar-refractivity contribution is 5.64. The lowest BCUT2D eigenvalue weighted by Crippen LogP contribution is -2.25. The lowest BCUT2D eigenvalue weighted by atomic mass is 10.0. The summed E-state index contributed by atoms with van der Waals surface area (Å²) in [6.45, 7) is 19.3. The monoisotopic (exact) mass is 572 g/mol. The summed E-state index contributed by atoms with van der Waals surface area (Å²) in [6.07, 6.45) is 7.77. The van der Waals surface area contributed by atoms with E-state index in [1.807, 2.05) is 24.3 Å². The number of benzene rings is 5. The number of hydrogen-bond donors (Lipinski definition) is 0. The predicted octanol–water partition coefficient (Wildman–Crippen LogP) is 10.7. The lowest BCUT2D eigenvalue weighted by molar-refractivity contribution is 0.785. The van der Waals surface area contributed by atoms with Crippen molar-refractivity contribution in [2.45, 2.75) is 26.2 Å². The van der Waals surface area contributed by atoms with E-state index in [9.17, 15) is 0 Å². The quantitative estimate of drug-likeness (QED) is 0.131. The molecule has 0 atom stereocenters. The molecule has 0 aromatic heterocycles. The van der Waals surface area contributed by atoms with Crippen LogP contribution in [-0.2, 0) is 26.2 Å². The van der Waals surface area contributed by atoms with E-state index in [0.717, 1.165) is 59.8 Å². The first kappa shape index (κ1) is 30.1. The van der Waals surface area contributed by atoms with E-state index in [1.54, 1.807) is 0 Å². The van der Waals surface area contributed by atoms with E-state index in [2.05, 4.69) is 157 Å². The zero-order chi connectivity index (χ0) is 30.7. The Morgan fingerprint density at radius 3 is 0.909 bits per heavy atom.